The molecule has 0 radical (unpaired) electrons. The lowest BCUT2D eigenvalue weighted by atomic mass is 9.71. The number of hydrogen-bond donors (Lipinski definition) is 1. The Hall–Kier alpha value is -1.51. The van der Waals surface area contributed by atoms with Crippen molar-refractivity contribution in [1.29, 1.82) is 0 Å². The number of carboxylic acid groups (broad SMARTS) is 1. The fraction of sp³-hybridized carbons (Fsp3) is 0.562. The number of carboxylic acids is 1. The summed E-state index contributed by atoms with van der Waals surface area (Å²) < 4.78 is 5.54. The van der Waals surface area contributed by atoms with Crippen LogP contribution in [0.4, 0.5) is 0 Å². The molecule has 0 amide bonds. The number of benzene rings is 1. The lowest BCUT2D eigenvalue weighted by Crippen LogP contribution is -2.22. The van der Waals surface area contributed by atoms with E-state index in [1.54, 1.807) is 0 Å². The van der Waals surface area contributed by atoms with Gasteiger partial charge in [-0.3, -0.25) is 4.79 Å². The van der Waals surface area contributed by atoms with Gasteiger partial charge in [0.25, 0.3) is 0 Å². The van der Waals surface area contributed by atoms with Crippen molar-refractivity contribution in [2.75, 3.05) is 6.61 Å². The third-order valence-corrected chi connectivity index (χ3v) is 4.04. The Morgan fingerprint density at radius 3 is 2.68 bits per heavy atom. The van der Waals surface area contributed by atoms with Crippen LogP contribution in [0.1, 0.15) is 49.7 Å². The second kappa shape index (κ2) is 6.09. The van der Waals surface area contributed by atoms with E-state index in [0.717, 1.165) is 29.7 Å². The lowest BCUT2D eigenvalue weighted by molar-refractivity contribution is -0.138. The van der Waals surface area contributed by atoms with Gasteiger partial charge in [-0.05, 0) is 55.7 Å². The maximum atomic E-state index is 11.1. The van der Waals surface area contributed by atoms with Crippen LogP contribution in [0.2, 0.25) is 0 Å². The first-order valence-corrected chi connectivity index (χ1v) is 7.07. The zero-order valence-electron chi connectivity index (χ0n) is 11.7. The molecular weight excluding hydrogens is 240 g/mol. The van der Waals surface area contributed by atoms with Crippen LogP contribution in [0.25, 0.3) is 0 Å². The summed E-state index contributed by atoms with van der Waals surface area (Å²) in [5.74, 6) is 0.881. The van der Waals surface area contributed by atoms with E-state index in [1.165, 1.54) is 6.42 Å². The molecule has 0 saturated heterocycles. The molecule has 1 fully saturated rings. The largest absolute Gasteiger partial charge is 0.494 e. The van der Waals surface area contributed by atoms with Gasteiger partial charge in [-0.1, -0.05) is 18.6 Å². The lowest BCUT2D eigenvalue weighted by Gasteiger charge is -2.33. The molecule has 0 aliphatic heterocycles. The summed E-state index contributed by atoms with van der Waals surface area (Å²) in [7, 11) is 0. The summed E-state index contributed by atoms with van der Waals surface area (Å²) in [6.45, 7) is 4.64. The zero-order chi connectivity index (χ0) is 13.8. The maximum Gasteiger partial charge on any atom is 0.303 e. The summed E-state index contributed by atoms with van der Waals surface area (Å²) in [4.78, 5) is 11.1. The average Bonchev–Trinajstić information content (AvgIpc) is 2.28. The van der Waals surface area contributed by atoms with Crippen molar-refractivity contribution >= 4 is 5.97 Å². The molecule has 1 aromatic carbocycles. The minimum Gasteiger partial charge on any atom is -0.494 e. The molecule has 3 nitrogen and oxygen atoms in total. The van der Waals surface area contributed by atoms with Gasteiger partial charge in [0.1, 0.15) is 5.75 Å². The Kier molecular flexibility index (Phi) is 4.46. The molecule has 1 aliphatic carbocycles. The Morgan fingerprint density at radius 1 is 1.47 bits per heavy atom. The third kappa shape index (κ3) is 3.28. The van der Waals surface area contributed by atoms with Gasteiger partial charge in [-0.25, -0.2) is 0 Å². The van der Waals surface area contributed by atoms with Crippen molar-refractivity contribution in [3.05, 3.63) is 29.3 Å². The standard InChI is InChI=1S/C16H22O3/c1-3-19-15-8-7-13(9-11(15)2)14(10-16(17)18)12-5-4-6-12/h7-9,12,14H,3-6,10H2,1-2H3,(H,17,18). The minimum absolute atomic E-state index is 0.153. The monoisotopic (exact) mass is 262 g/mol. The number of ether oxygens (including phenoxy) is 1. The molecule has 0 spiro atoms. The van der Waals surface area contributed by atoms with E-state index in [0.29, 0.717) is 12.5 Å². The molecule has 1 N–H and O–H groups in total. The van der Waals surface area contributed by atoms with Gasteiger partial charge in [0, 0.05) is 0 Å². The number of carbonyl (C=O) groups is 1. The average molecular weight is 262 g/mol. The summed E-state index contributed by atoms with van der Waals surface area (Å²) in [6, 6.07) is 6.10. The van der Waals surface area contributed by atoms with Crippen molar-refractivity contribution < 1.29 is 14.6 Å². The second-order valence-electron chi connectivity index (χ2n) is 5.35. The Bertz CT molecular complexity index is 449. The second-order valence-corrected chi connectivity index (χ2v) is 5.35. The molecule has 1 aromatic rings. The van der Waals surface area contributed by atoms with Crippen LogP contribution in [-0.4, -0.2) is 17.7 Å². The number of aryl methyl sites for hydroxylation is 1. The summed E-state index contributed by atoms with van der Waals surface area (Å²) in [6.07, 6.45) is 3.78. The number of hydrogen-bond acceptors (Lipinski definition) is 2. The SMILES string of the molecule is CCOc1ccc(C(CC(=O)O)C2CCC2)cc1C. The number of rotatable bonds is 6. The van der Waals surface area contributed by atoms with Gasteiger partial charge in [-0.15, -0.1) is 0 Å². The van der Waals surface area contributed by atoms with E-state index in [9.17, 15) is 4.79 Å². The van der Waals surface area contributed by atoms with Crippen molar-refractivity contribution in [2.24, 2.45) is 5.92 Å². The summed E-state index contributed by atoms with van der Waals surface area (Å²) in [5.41, 5.74) is 2.24. The molecule has 19 heavy (non-hydrogen) atoms. The molecule has 2 rings (SSSR count). The highest BCUT2D eigenvalue weighted by Gasteiger charge is 2.30. The fourth-order valence-corrected chi connectivity index (χ4v) is 2.81. The van der Waals surface area contributed by atoms with Gasteiger partial charge < -0.3 is 9.84 Å². The molecule has 104 valence electrons. The predicted molar refractivity (Wildman–Crippen MR) is 74.7 cm³/mol. The molecule has 3 heteroatoms. The van der Waals surface area contributed by atoms with Crippen LogP contribution in [0.5, 0.6) is 5.75 Å². The van der Waals surface area contributed by atoms with E-state index in [2.05, 4.69) is 6.07 Å². The predicted octanol–water partition coefficient (Wildman–Crippen LogP) is 3.75. The minimum atomic E-state index is -0.705. The van der Waals surface area contributed by atoms with E-state index in [-0.39, 0.29) is 12.3 Å². The summed E-state index contributed by atoms with van der Waals surface area (Å²) in [5, 5.41) is 9.10. The molecular formula is C16H22O3. The highest BCUT2D eigenvalue weighted by molar-refractivity contribution is 5.68. The van der Waals surface area contributed by atoms with Gasteiger partial charge >= 0.3 is 5.97 Å². The molecule has 1 unspecified atom stereocenters. The molecule has 0 heterocycles. The molecule has 1 saturated carbocycles. The van der Waals surface area contributed by atoms with E-state index < -0.39 is 5.97 Å². The van der Waals surface area contributed by atoms with Crippen LogP contribution >= 0.6 is 0 Å². The van der Waals surface area contributed by atoms with Crippen molar-refractivity contribution in [3.63, 3.8) is 0 Å². The Morgan fingerprint density at radius 2 is 2.21 bits per heavy atom. The van der Waals surface area contributed by atoms with Crippen molar-refractivity contribution in [3.8, 4) is 5.75 Å². The van der Waals surface area contributed by atoms with Gasteiger partial charge in [0.15, 0.2) is 0 Å². The topological polar surface area (TPSA) is 46.5 Å². The van der Waals surface area contributed by atoms with Gasteiger partial charge in [0.2, 0.25) is 0 Å². The van der Waals surface area contributed by atoms with Gasteiger partial charge in [0.05, 0.1) is 13.0 Å². The van der Waals surface area contributed by atoms with E-state index >= 15 is 0 Å². The molecule has 0 bridgehead atoms. The Balaban J connectivity index is 2.20. The maximum absolute atomic E-state index is 11.1. The van der Waals surface area contributed by atoms with Gasteiger partial charge in [-0.2, -0.15) is 0 Å². The molecule has 1 aliphatic rings. The zero-order valence-corrected chi connectivity index (χ0v) is 11.7. The van der Waals surface area contributed by atoms with E-state index in [1.807, 2.05) is 26.0 Å². The number of aliphatic carboxylic acids is 1. The first-order chi connectivity index (χ1) is 9.11. The van der Waals surface area contributed by atoms with Crippen molar-refractivity contribution in [1.82, 2.24) is 0 Å². The smallest absolute Gasteiger partial charge is 0.303 e. The van der Waals surface area contributed by atoms with Crippen LogP contribution in [0.3, 0.4) is 0 Å². The third-order valence-electron chi connectivity index (χ3n) is 4.04. The van der Waals surface area contributed by atoms with E-state index in [4.69, 9.17) is 9.84 Å². The summed E-state index contributed by atoms with van der Waals surface area (Å²) >= 11 is 0. The van der Waals surface area contributed by atoms with Crippen molar-refractivity contribution in [2.45, 2.75) is 45.4 Å². The fourth-order valence-electron chi connectivity index (χ4n) is 2.81. The highest BCUT2D eigenvalue weighted by Crippen LogP contribution is 2.42. The van der Waals surface area contributed by atoms with Crippen LogP contribution in [0, 0.1) is 12.8 Å². The Labute approximate surface area is 114 Å². The van der Waals surface area contributed by atoms with Crippen LogP contribution in [-0.2, 0) is 4.79 Å². The van der Waals surface area contributed by atoms with Crippen LogP contribution < -0.4 is 4.74 Å². The normalized spacial score (nSPS) is 16.7. The first-order valence-electron chi connectivity index (χ1n) is 7.07. The quantitative estimate of drug-likeness (QED) is 0.849. The van der Waals surface area contributed by atoms with Crippen LogP contribution in [0.15, 0.2) is 18.2 Å². The highest BCUT2D eigenvalue weighted by atomic mass is 16.5. The molecule has 0 aromatic heterocycles. The molecule has 1 atom stereocenters. The first kappa shape index (κ1) is 13.9.